The van der Waals surface area contributed by atoms with Gasteiger partial charge in [-0.2, -0.15) is 0 Å². The SMILES string of the molecule is COC(OC)c1c(CCCC2CN(C)CCN2C)[nH]c2ccccc12. The van der Waals surface area contributed by atoms with Gasteiger partial charge in [-0.1, -0.05) is 18.2 Å². The van der Waals surface area contributed by atoms with Crippen LogP contribution >= 0.6 is 0 Å². The van der Waals surface area contributed by atoms with Crippen LogP contribution in [0.25, 0.3) is 10.9 Å². The van der Waals surface area contributed by atoms with Crippen LogP contribution in [-0.2, 0) is 15.9 Å². The Morgan fingerprint density at radius 2 is 1.92 bits per heavy atom. The number of fused-ring (bicyclic) bond motifs is 1. The summed E-state index contributed by atoms with van der Waals surface area (Å²) >= 11 is 0. The first-order chi connectivity index (χ1) is 12.1. The molecule has 0 saturated carbocycles. The monoisotopic (exact) mass is 345 g/mol. The number of ether oxygens (including phenoxy) is 2. The molecule has 1 saturated heterocycles. The highest BCUT2D eigenvalue weighted by atomic mass is 16.7. The third kappa shape index (κ3) is 4.06. The molecular weight excluding hydrogens is 314 g/mol. The first kappa shape index (κ1) is 18.4. The van der Waals surface area contributed by atoms with Crippen molar-refractivity contribution >= 4 is 10.9 Å². The van der Waals surface area contributed by atoms with Crippen LogP contribution < -0.4 is 0 Å². The molecule has 5 heteroatoms. The lowest BCUT2D eigenvalue weighted by molar-refractivity contribution is -0.105. The van der Waals surface area contributed by atoms with Gasteiger partial charge in [-0.25, -0.2) is 0 Å². The van der Waals surface area contributed by atoms with Gasteiger partial charge >= 0.3 is 0 Å². The Labute approximate surface area is 150 Å². The standard InChI is InChI=1S/C20H31N3O2/c1-22-12-13-23(2)15(14-22)8-7-11-18-19(20(24-3)25-4)16-9-5-6-10-17(16)21-18/h5-6,9-10,15,20-21H,7-8,11-14H2,1-4H3. The number of aromatic amines is 1. The number of rotatable bonds is 7. The molecule has 1 N–H and O–H groups in total. The molecule has 2 heterocycles. The number of benzene rings is 1. The molecule has 3 rings (SSSR count). The number of piperazine rings is 1. The van der Waals surface area contributed by atoms with Crippen LogP contribution in [-0.4, -0.2) is 68.8 Å². The highest BCUT2D eigenvalue weighted by molar-refractivity contribution is 5.84. The molecule has 0 amide bonds. The average Bonchev–Trinajstić information content (AvgIpc) is 2.98. The molecule has 1 aromatic carbocycles. The van der Waals surface area contributed by atoms with Gasteiger partial charge < -0.3 is 24.3 Å². The normalized spacial score (nSPS) is 20.0. The van der Waals surface area contributed by atoms with Crippen molar-refractivity contribution in [1.29, 1.82) is 0 Å². The fourth-order valence-electron chi connectivity index (χ4n) is 3.95. The van der Waals surface area contributed by atoms with Gasteiger partial charge in [0.2, 0.25) is 0 Å². The minimum atomic E-state index is -0.324. The fourth-order valence-corrected chi connectivity index (χ4v) is 3.95. The Balaban J connectivity index is 1.73. The maximum absolute atomic E-state index is 5.56. The van der Waals surface area contributed by atoms with Crippen LogP contribution in [0.5, 0.6) is 0 Å². The predicted molar refractivity (Wildman–Crippen MR) is 102 cm³/mol. The Morgan fingerprint density at radius 1 is 1.16 bits per heavy atom. The number of aryl methyl sites for hydroxylation is 1. The summed E-state index contributed by atoms with van der Waals surface area (Å²) in [5, 5.41) is 1.20. The van der Waals surface area contributed by atoms with Crippen molar-refractivity contribution in [3.8, 4) is 0 Å². The number of nitrogens with one attached hydrogen (secondary N) is 1. The molecule has 2 aromatic rings. The number of H-pyrrole nitrogens is 1. The van der Waals surface area contributed by atoms with E-state index in [9.17, 15) is 0 Å². The second-order valence-electron chi connectivity index (χ2n) is 7.16. The molecule has 138 valence electrons. The molecule has 0 bridgehead atoms. The van der Waals surface area contributed by atoms with E-state index in [-0.39, 0.29) is 6.29 Å². The Morgan fingerprint density at radius 3 is 2.68 bits per heavy atom. The smallest absolute Gasteiger partial charge is 0.185 e. The summed E-state index contributed by atoms with van der Waals surface area (Å²) in [6, 6.07) is 9.04. The van der Waals surface area contributed by atoms with E-state index < -0.39 is 0 Å². The number of methoxy groups -OCH3 is 2. The van der Waals surface area contributed by atoms with Gasteiger partial charge in [0.05, 0.1) is 0 Å². The fraction of sp³-hybridized carbons (Fsp3) is 0.600. The summed E-state index contributed by atoms with van der Waals surface area (Å²) in [4.78, 5) is 8.52. The number of aromatic nitrogens is 1. The lowest BCUT2D eigenvalue weighted by Gasteiger charge is -2.37. The number of likely N-dealkylation sites (N-methyl/N-ethyl adjacent to an activating group) is 2. The third-order valence-corrected chi connectivity index (χ3v) is 5.44. The maximum Gasteiger partial charge on any atom is 0.185 e. The summed E-state index contributed by atoms with van der Waals surface area (Å²) in [6.07, 6.45) is 3.05. The number of nitrogens with zero attached hydrogens (tertiary/aromatic N) is 2. The van der Waals surface area contributed by atoms with Gasteiger partial charge in [0.1, 0.15) is 0 Å². The van der Waals surface area contributed by atoms with E-state index in [0.717, 1.165) is 37.0 Å². The van der Waals surface area contributed by atoms with Crippen LogP contribution in [0.2, 0.25) is 0 Å². The van der Waals surface area contributed by atoms with Crippen LogP contribution in [0.15, 0.2) is 24.3 Å². The number of hydrogen-bond donors (Lipinski definition) is 1. The predicted octanol–water partition coefficient (Wildman–Crippen LogP) is 3.03. The van der Waals surface area contributed by atoms with Crippen LogP contribution in [0.4, 0.5) is 0 Å². The van der Waals surface area contributed by atoms with E-state index >= 15 is 0 Å². The largest absolute Gasteiger partial charge is 0.358 e. The highest BCUT2D eigenvalue weighted by Gasteiger charge is 2.23. The molecule has 1 unspecified atom stereocenters. The van der Waals surface area contributed by atoms with E-state index in [0.29, 0.717) is 6.04 Å². The zero-order valence-corrected chi connectivity index (χ0v) is 15.9. The van der Waals surface area contributed by atoms with Crippen LogP contribution in [0.3, 0.4) is 0 Å². The van der Waals surface area contributed by atoms with Crippen molar-refractivity contribution in [3.63, 3.8) is 0 Å². The third-order valence-electron chi connectivity index (χ3n) is 5.44. The highest BCUT2D eigenvalue weighted by Crippen LogP contribution is 2.31. The second-order valence-corrected chi connectivity index (χ2v) is 7.16. The minimum Gasteiger partial charge on any atom is -0.358 e. The molecule has 1 aliphatic heterocycles. The molecule has 0 spiro atoms. The van der Waals surface area contributed by atoms with Gasteiger partial charge in [-0.3, -0.25) is 0 Å². The summed E-state index contributed by atoms with van der Waals surface area (Å²) < 4.78 is 11.1. The topological polar surface area (TPSA) is 40.7 Å². The van der Waals surface area contributed by atoms with Gasteiger partial charge in [0, 0.05) is 62.1 Å². The summed E-state index contributed by atoms with van der Waals surface area (Å²) in [6.45, 7) is 3.49. The van der Waals surface area contributed by atoms with Crippen LogP contribution in [0, 0.1) is 0 Å². The lowest BCUT2D eigenvalue weighted by Crippen LogP contribution is -2.49. The molecule has 1 aromatic heterocycles. The van der Waals surface area contributed by atoms with Crippen molar-refractivity contribution in [2.75, 3.05) is 47.9 Å². The summed E-state index contributed by atoms with van der Waals surface area (Å²) in [7, 11) is 7.87. The molecule has 0 radical (unpaired) electrons. The molecule has 1 aliphatic rings. The minimum absolute atomic E-state index is 0.324. The molecule has 0 aliphatic carbocycles. The lowest BCUT2D eigenvalue weighted by atomic mass is 10.0. The molecule has 5 nitrogen and oxygen atoms in total. The van der Waals surface area contributed by atoms with Gasteiger partial charge in [0.15, 0.2) is 6.29 Å². The van der Waals surface area contributed by atoms with Crippen molar-refractivity contribution in [1.82, 2.24) is 14.8 Å². The van der Waals surface area contributed by atoms with Crippen molar-refractivity contribution in [3.05, 3.63) is 35.5 Å². The summed E-state index contributed by atoms with van der Waals surface area (Å²) in [5.41, 5.74) is 3.54. The maximum atomic E-state index is 5.56. The van der Waals surface area contributed by atoms with Gasteiger partial charge in [0.25, 0.3) is 0 Å². The van der Waals surface area contributed by atoms with E-state index in [1.807, 2.05) is 0 Å². The van der Waals surface area contributed by atoms with Crippen molar-refractivity contribution in [2.24, 2.45) is 0 Å². The van der Waals surface area contributed by atoms with Gasteiger partial charge in [-0.15, -0.1) is 0 Å². The Bertz CT molecular complexity index is 681. The molecular formula is C20H31N3O2. The number of hydrogen-bond acceptors (Lipinski definition) is 4. The van der Waals surface area contributed by atoms with E-state index in [1.54, 1.807) is 14.2 Å². The van der Waals surface area contributed by atoms with Crippen molar-refractivity contribution < 1.29 is 9.47 Å². The zero-order valence-electron chi connectivity index (χ0n) is 15.9. The van der Waals surface area contributed by atoms with Gasteiger partial charge in [-0.05, 0) is 39.4 Å². The van der Waals surface area contributed by atoms with E-state index in [2.05, 4.69) is 53.1 Å². The molecule has 25 heavy (non-hydrogen) atoms. The first-order valence-electron chi connectivity index (χ1n) is 9.18. The van der Waals surface area contributed by atoms with Crippen LogP contribution in [0.1, 0.15) is 30.4 Å². The second kappa shape index (κ2) is 8.32. The quantitative estimate of drug-likeness (QED) is 0.783. The Hall–Kier alpha value is -1.40. The van der Waals surface area contributed by atoms with E-state index in [1.165, 1.54) is 24.0 Å². The zero-order chi connectivity index (χ0) is 17.8. The summed E-state index contributed by atoms with van der Waals surface area (Å²) in [5.74, 6) is 0. The average molecular weight is 345 g/mol. The van der Waals surface area contributed by atoms with E-state index in [4.69, 9.17) is 9.47 Å². The molecule has 1 atom stereocenters. The number of para-hydroxylation sites is 1. The van der Waals surface area contributed by atoms with Crippen molar-refractivity contribution in [2.45, 2.75) is 31.6 Å². The first-order valence-corrected chi connectivity index (χ1v) is 9.18. The Kier molecular flexibility index (Phi) is 6.12. The molecule has 1 fully saturated rings.